The lowest BCUT2D eigenvalue weighted by Gasteiger charge is -2.05. The summed E-state index contributed by atoms with van der Waals surface area (Å²) in [5.74, 6) is 0. The average molecular weight is 302 g/mol. The number of ether oxygens (including phenoxy) is 1. The highest BCUT2D eigenvalue weighted by Crippen LogP contribution is 2.13. The molecule has 0 saturated carbocycles. The summed E-state index contributed by atoms with van der Waals surface area (Å²) in [7, 11) is 0. The van der Waals surface area contributed by atoms with E-state index in [0.29, 0.717) is 18.8 Å². The Labute approximate surface area is 115 Å². The van der Waals surface area contributed by atoms with Crippen LogP contribution in [0.15, 0.2) is 53.0 Å². The molecule has 0 bridgehead atoms. The van der Waals surface area contributed by atoms with Gasteiger partial charge in [0.1, 0.15) is 0 Å². The first-order valence-electron chi connectivity index (χ1n) is 5.59. The molecule has 0 aromatic heterocycles. The maximum absolute atomic E-state index is 8.69. The van der Waals surface area contributed by atoms with Gasteiger partial charge in [0.15, 0.2) is 0 Å². The number of nitriles is 1. The molecule has 0 N–H and O–H groups in total. The Kier molecular flexibility index (Phi) is 4.52. The van der Waals surface area contributed by atoms with Gasteiger partial charge in [-0.15, -0.1) is 0 Å². The van der Waals surface area contributed by atoms with Crippen molar-refractivity contribution in [3.63, 3.8) is 0 Å². The van der Waals surface area contributed by atoms with Crippen molar-refractivity contribution in [1.82, 2.24) is 0 Å². The van der Waals surface area contributed by atoms with Crippen LogP contribution in [0, 0.1) is 11.3 Å². The molecule has 0 aliphatic carbocycles. The van der Waals surface area contributed by atoms with E-state index in [1.807, 2.05) is 36.4 Å². The number of benzene rings is 2. The van der Waals surface area contributed by atoms with Gasteiger partial charge in [0.2, 0.25) is 0 Å². The summed E-state index contributed by atoms with van der Waals surface area (Å²) in [6, 6.07) is 17.6. The topological polar surface area (TPSA) is 33.0 Å². The van der Waals surface area contributed by atoms with Gasteiger partial charge in [-0.1, -0.05) is 40.2 Å². The van der Waals surface area contributed by atoms with E-state index < -0.39 is 0 Å². The van der Waals surface area contributed by atoms with Crippen molar-refractivity contribution in [3.8, 4) is 6.07 Å². The quantitative estimate of drug-likeness (QED) is 0.854. The van der Waals surface area contributed by atoms with Crippen molar-refractivity contribution < 1.29 is 4.74 Å². The largest absolute Gasteiger partial charge is 0.372 e. The third-order valence-corrected chi connectivity index (χ3v) is 3.00. The van der Waals surface area contributed by atoms with Gasteiger partial charge in [-0.25, -0.2) is 0 Å². The molecule has 2 rings (SSSR count). The van der Waals surface area contributed by atoms with E-state index in [1.165, 1.54) is 0 Å². The zero-order chi connectivity index (χ0) is 12.8. The van der Waals surface area contributed by atoms with Crippen LogP contribution in [0.3, 0.4) is 0 Å². The van der Waals surface area contributed by atoms with E-state index >= 15 is 0 Å². The zero-order valence-corrected chi connectivity index (χ0v) is 11.4. The highest BCUT2D eigenvalue weighted by molar-refractivity contribution is 9.10. The summed E-state index contributed by atoms with van der Waals surface area (Å²) in [6.07, 6.45) is 0. The summed E-state index contributed by atoms with van der Waals surface area (Å²) in [5.41, 5.74) is 2.88. The van der Waals surface area contributed by atoms with E-state index in [9.17, 15) is 0 Å². The third kappa shape index (κ3) is 3.69. The first-order chi connectivity index (χ1) is 8.78. The van der Waals surface area contributed by atoms with Crippen LogP contribution in [0.5, 0.6) is 0 Å². The van der Waals surface area contributed by atoms with E-state index in [4.69, 9.17) is 10.00 Å². The summed E-state index contributed by atoms with van der Waals surface area (Å²) in [5, 5.41) is 8.69. The van der Waals surface area contributed by atoms with Gasteiger partial charge in [-0.3, -0.25) is 0 Å². The van der Waals surface area contributed by atoms with E-state index in [-0.39, 0.29) is 0 Å². The number of halogens is 1. The highest BCUT2D eigenvalue weighted by Gasteiger charge is 1.97. The normalized spacial score (nSPS) is 10.0. The first kappa shape index (κ1) is 12.8. The second kappa shape index (κ2) is 6.34. The molecule has 0 heterocycles. The summed E-state index contributed by atoms with van der Waals surface area (Å²) in [4.78, 5) is 0. The predicted molar refractivity (Wildman–Crippen MR) is 73.8 cm³/mol. The molecule has 2 nitrogen and oxygen atoms in total. The van der Waals surface area contributed by atoms with Crippen LogP contribution in [-0.4, -0.2) is 0 Å². The van der Waals surface area contributed by atoms with E-state index in [1.54, 1.807) is 12.1 Å². The van der Waals surface area contributed by atoms with Crippen molar-refractivity contribution >= 4 is 15.9 Å². The molecule has 0 amide bonds. The summed E-state index contributed by atoms with van der Waals surface area (Å²) >= 11 is 3.43. The van der Waals surface area contributed by atoms with Gasteiger partial charge in [0.25, 0.3) is 0 Å². The summed E-state index contributed by atoms with van der Waals surface area (Å²) in [6.45, 7) is 1.14. The maximum atomic E-state index is 8.69. The van der Waals surface area contributed by atoms with Gasteiger partial charge >= 0.3 is 0 Å². The minimum absolute atomic E-state index is 0.554. The molecule has 2 aromatic rings. The van der Waals surface area contributed by atoms with Gasteiger partial charge in [-0.2, -0.15) is 5.26 Å². The average Bonchev–Trinajstić information content (AvgIpc) is 2.40. The third-order valence-electron chi connectivity index (χ3n) is 2.51. The lowest BCUT2D eigenvalue weighted by Crippen LogP contribution is -1.94. The first-order valence-corrected chi connectivity index (χ1v) is 6.38. The Balaban J connectivity index is 1.86. The second-order valence-corrected chi connectivity index (χ2v) is 4.85. The Morgan fingerprint density at radius 3 is 2.39 bits per heavy atom. The predicted octanol–water partition coefficient (Wildman–Crippen LogP) is 4.04. The van der Waals surface area contributed by atoms with Gasteiger partial charge in [0.05, 0.1) is 24.8 Å². The lowest BCUT2D eigenvalue weighted by atomic mass is 10.1. The number of hydrogen-bond donors (Lipinski definition) is 0. The van der Waals surface area contributed by atoms with E-state index in [0.717, 1.165) is 15.6 Å². The second-order valence-electron chi connectivity index (χ2n) is 3.93. The molecule has 0 aliphatic heterocycles. The van der Waals surface area contributed by atoms with Crippen molar-refractivity contribution in [2.45, 2.75) is 13.2 Å². The Morgan fingerprint density at radius 2 is 1.72 bits per heavy atom. The maximum Gasteiger partial charge on any atom is 0.0991 e. The van der Waals surface area contributed by atoms with Crippen LogP contribution >= 0.6 is 15.9 Å². The molecule has 2 aromatic carbocycles. The fourth-order valence-electron chi connectivity index (χ4n) is 1.59. The molecule has 0 unspecified atom stereocenters. The lowest BCUT2D eigenvalue weighted by molar-refractivity contribution is 0.107. The number of rotatable bonds is 4. The molecule has 0 spiro atoms. The Hall–Kier alpha value is -1.63. The Bertz CT molecular complexity index is 557. The van der Waals surface area contributed by atoms with Gasteiger partial charge in [0, 0.05) is 4.47 Å². The SMILES string of the molecule is N#Cc1ccc(COCc2cccc(Br)c2)cc1. The molecule has 3 heteroatoms. The van der Waals surface area contributed by atoms with Crippen LogP contribution in [0.1, 0.15) is 16.7 Å². The molecule has 0 atom stereocenters. The summed E-state index contributed by atoms with van der Waals surface area (Å²) < 4.78 is 6.69. The van der Waals surface area contributed by atoms with Crippen LogP contribution in [0.25, 0.3) is 0 Å². The fraction of sp³-hybridized carbons (Fsp3) is 0.133. The molecular weight excluding hydrogens is 290 g/mol. The highest BCUT2D eigenvalue weighted by atomic mass is 79.9. The van der Waals surface area contributed by atoms with Gasteiger partial charge < -0.3 is 4.74 Å². The molecular formula is C15H12BrNO. The van der Waals surface area contributed by atoms with E-state index in [2.05, 4.69) is 22.0 Å². The van der Waals surface area contributed by atoms with Crippen molar-refractivity contribution in [2.24, 2.45) is 0 Å². The monoisotopic (exact) mass is 301 g/mol. The van der Waals surface area contributed by atoms with Crippen molar-refractivity contribution in [2.75, 3.05) is 0 Å². The molecule has 0 radical (unpaired) electrons. The minimum atomic E-state index is 0.554. The molecule has 0 saturated heterocycles. The van der Waals surface area contributed by atoms with Crippen LogP contribution in [0.4, 0.5) is 0 Å². The van der Waals surface area contributed by atoms with Crippen molar-refractivity contribution in [3.05, 3.63) is 69.7 Å². The zero-order valence-electron chi connectivity index (χ0n) is 9.77. The van der Waals surface area contributed by atoms with Crippen LogP contribution < -0.4 is 0 Å². The minimum Gasteiger partial charge on any atom is -0.372 e. The molecule has 0 aliphatic rings. The molecule has 90 valence electrons. The number of hydrogen-bond acceptors (Lipinski definition) is 2. The molecule has 18 heavy (non-hydrogen) atoms. The standard InChI is InChI=1S/C15H12BrNO/c16-15-3-1-2-14(8-15)11-18-10-13-6-4-12(9-17)5-7-13/h1-8H,10-11H2. The van der Waals surface area contributed by atoms with Crippen LogP contribution in [0.2, 0.25) is 0 Å². The molecule has 0 fully saturated rings. The Morgan fingerprint density at radius 1 is 1.00 bits per heavy atom. The fourth-order valence-corrected chi connectivity index (χ4v) is 2.04. The van der Waals surface area contributed by atoms with Crippen LogP contribution in [-0.2, 0) is 18.0 Å². The number of nitrogens with zero attached hydrogens (tertiary/aromatic N) is 1. The van der Waals surface area contributed by atoms with Gasteiger partial charge in [-0.05, 0) is 35.4 Å². The smallest absolute Gasteiger partial charge is 0.0991 e. The van der Waals surface area contributed by atoms with Crippen molar-refractivity contribution in [1.29, 1.82) is 5.26 Å².